The van der Waals surface area contributed by atoms with Gasteiger partial charge in [0.15, 0.2) is 0 Å². The maximum atomic E-state index is 11.7. The molecule has 1 amide bonds. The van der Waals surface area contributed by atoms with Gasteiger partial charge in [-0.1, -0.05) is 18.2 Å². The molecule has 1 atom stereocenters. The lowest BCUT2D eigenvalue weighted by Crippen LogP contribution is -2.39. The van der Waals surface area contributed by atoms with Crippen molar-refractivity contribution in [2.75, 3.05) is 0 Å². The maximum absolute atomic E-state index is 11.7. The van der Waals surface area contributed by atoms with Crippen LogP contribution in [0.5, 0.6) is 0 Å². The van der Waals surface area contributed by atoms with Crippen LogP contribution in [0.2, 0.25) is 0 Å². The molecule has 0 aliphatic heterocycles. The number of hydrogen-bond donors (Lipinski definition) is 2. The van der Waals surface area contributed by atoms with E-state index in [0.29, 0.717) is 0 Å². The third kappa shape index (κ3) is 3.59. The van der Waals surface area contributed by atoms with Crippen LogP contribution in [0.1, 0.15) is 23.6 Å². The molecule has 1 aromatic carbocycles. The summed E-state index contributed by atoms with van der Waals surface area (Å²) in [5, 5.41) is 11.1. The first-order chi connectivity index (χ1) is 7.91. The number of nitrogens with one attached hydrogen (secondary N) is 1. The highest BCUT2D eigenvalue weighted by Gasteiger charge is 2.15. The lowest BCUT2D eigenvalue weighted by atomic mass is 10.00. The van der Waals surface area contributed by atoms with Gasteiger partial charge in [0.05, 0.1) is 6.42 Å². The topological polar surface area (TPSA) is 66.4 Å². The van der Waals surface area contributed by atoms with Gasteiger partial charge < -0.3 is 10.4 Å². The molecule has 0 saturated heterocycles. The van der Waals surface area contributed by atoms with E-state index >= 15 is 0 Å². The first-order valence-electron chi connectivity index (χ1n) is 5.49. The van der Waals surface area contributed by atoms with Crippen molar-refractivity contribution in [2.24, 2.45) is 0 Å². The van der Waals surface area contributed by atoms with E-state index in [1.807, 2.05) is 32.0 Å². The molecule has 0 heterocycles. The first kappa shape index (κ1) is 13.2. The van der Waals surface area contributed by atoms with Gasteiger partial charge in [-0.25, -0.2) is 0 Å². The molecule has 0 bridgehead atoms. The molecular weight excluding hydrogens is 218 g/mol. The zero-order valence-electron chi connectivity index (χ0n) is 10.3. The van der Waals surface area contributed by atoms with Crippen LogP contribution in [0.3, 0.4) is 0 Å². The van der Waals surface area contributed by atoms with Crippen LogP contribution in [0.4, 0.5) is 0 Å². The Bertz CT molecular complexity index is 420. The fraction of sp³-hybridized carbons (Fsp3) is 0.385. The Morgan fingerprint density at radius 1 is 1.29 bits per heavy atom. The van der Waals surface area contributed by atoms with Crippen LogP contribution >= 0.6 is 0 Å². The lowest BCUT2D eigenvalue weighted by molar-refractivity contribution is -0.141. The van der Waals surface area contributed by atoms with Crippen LogP contribution in [0.15, 0.2) is 18.2 Å². The molecule has 2 N–H and O–H groups in total. The molecule has 0 aliphatic carbocycles. The van der Waals surface area contributed by atoms with Crippen molar-refractivity contribution in [3.05, 3.63) is 34.9 Å². The summed E-state index contributed by atoms with van der Waals surface area (Å²) in [5.41, 5.74) is 3.05. The van der Waals surface area contributed by atoms with Crippen molar-refractivity contribution < 1.29 is 14.7 Å². The molecular formula is C13H17NO3. The standard InChI is InChI=1S/C13H17NO3/c1-8-5-4-6-9(2)11(8)7-12(15)14-10(3)13(16)17/h4-6,10H,7H2,1-3H3,(H,14,15)(H,16,17)/t10-/m1/s1. The summed E-state index contributed by atoms with van der Waals surface area (Å²) in [4.78, 5) is 22.3. The Morgan fingerprint density at radius 2 is 1.82 bits per heavy atom. The molecule has 17 heavy (non-hydrogen) atoms. The Hall–Kier alpha value is -1.84. The van der Waals surface area contributed by atoms with Gasteiger partial charge in [-0.3, -0.25) is 9.59 Å². The summed E-state index contributed by atoms with van der Waals surface area (Å²) in [7, 11) is 0. The van der Waals surface area contributed by atoms with Gasteiger partial charge in [0, 0.05) is 0 Å². The lowest BCUT2D eigenvalue weighted by Gasteiger charge is -2.12. The fourth-order valence-corrected chi connectivity index (χ4v) is 1.64. The summed E-state index contributed by atoms with van der Waals surface area (Å²) in [6.07, 6.45) is 0.218. The minimum absolute atomic E-state index is 0.218. The summed E-state index contributed by atoms with van der Waals surface area (Å²) in [5.74, 6) is -1.29. The minimum Gasteiger partial charge on any atom is -0.480 e. The predicted octanol–water partition coefficient (Wildman–Crippen LogP) is 1.44. The van der Waals surface area contributed by atoms with Gasteiger partial charge in [-0.2, -0.15) is 0 Å². The van der Waals surface area contributed by atoms with Crippen LogP contribution in [-0.2, 0) is 16.0 Å². The Labute approximate surface area is 101 Å². The number of rotatable bonds is 4. The van der Waals surface area contributed by atoms with Gasteiger partial charge >= 0.3 is 5.97 Å². The maximum Gasteiger partial charge on any atom is 0.325 e. The Kier molecular flexibility index (Phi) is 4.26. The van der Waals surface area contributed by atoms with Crippen molar-refractivity contribution in [1.29, 1.82) is 0 Å². The van der Waals surface area contributed by atoms with Crippen molar-refractivity contribution in [3.8, 4) is 0 Å². The van der Waals surface area contributed by atoms with Gasteiger partial charge in [0.2, 0.25) is 5.91 Å². The fourth-order valence-electron chi connectivity index (χ4n) is 1.64. The van der Waals surface area contributed by atoms with Crippen LogP contribution in [0, 0.1) is 13.8 Å². The van der Waals surface area contributed by atoms with E-state index in [4.69, 9.17) is 5.11 Å². The van der Waals surface area contributed by atoms with Gasteiger partial charge in [-0.15, -0.1) is 0 Å². The quantitative estimate of drug-likeness (QED) is 0.829. The number of aliphatic carboxylic acids is 1. The average Bonchev–Trinajstić information content (AvgIpc) is 2.23. The smallest absolute Gasteiger partial charge is 0.325 e. The zero-order valence-corrected chi connectivity index (χ0v) is 10.3. The van der Waals surface area contributed by atoms with Crippen LogP contribution in [-0.4, -0.2) is 23.0 Å². The van der Waals surface area contributed by atoms with E-state index in [1.165, 1.54) is 6.92 Å². The highest BCUT2D eigenvalue weighted by atomic mass is 16.4. The monoisotopic (exact) mass is 235 g/mol. The van der Waals surface area contributed by atoms with Gasteiger partial charge in [0.1, 0.15) is 6.04 Å². The first-order valence-corrected chi connectivity index (χ1v) is 5.49. The third-order valence-corrected chi connectivity index (χ3v) is 2.73. The van der Waals surface area contributed by atoms with Crippen molar-refractivity contribution in [3.63, 3.8) is 0 Å². The molecule has 0 radical (unpaired) electrons. The second kappa shape index (κ2) is 5.48. The molecule has 0 unspecified atom stereocenters. The minimum atomic E-state index is -1.03. The molecule has 0 spiro atoms. The summed E-state index contributed by atoms with van der Waals surface area (Å²) in [6, 6.07) is 4.96. The van der Waals surface area contributed by atoms with Crippen molar-refractivity contribution in [1.82, 2.24) is 5.32 Å². The number of carbonyl (C=O) groups excluding carboxylic acids is 1. The van der Waals surface area contributed by atoms with E-state index in [0.717, 1.165) is 16.7 Å². The number of carboxylic acid groups (broad SMARTS) is 1. The van der Waals surface area contributed by atoms with Crippen molar-refractivity contribution >= 4 is 11.9 Å². The number of amides is 1. The van der Waals surface area contributed by atoms with E-state index in [9.17, 15) is 9.59 Å². The molecule has 1 aromatic rings. The number of carbonyl (C=O) groups is 2. The summed E-state index contributed by atoms with van der Waals surface area (Å²) in [6.45, 7) is 5.33. The van der Waals surface area contributed by atoms with Crippen LogP contribution < -0.4 is 5.32 Å². The number of carboxylic acids is 1. The van der Waals surface area contributed by atoms with Gasteiger partial charge in [-0.05, 0) is 37.5 Å². The number of benzene rings is 1. The zero-order chi connectivity index (χ0) is 13.0. The van der Waals surface area contributed by atoms with E-state index in [2.05, 4.69) is 5.32 Å². The Balaban J connectivity index is 2.72. The SMILES string of the molecule is Cc1cccc(C)c1CC(=O)N[C@H](C)C(=O)O. The van der Waals surface area contributed by atoms with Crippen LogP contribution in [0.25, 0.3) is 0 Å². The molecule has 1 rings (SSSR count). The molecule has 4 nitrogen and oxygen atoms in total. The summed E-state index contributed by atoms with van der Waals surface area (Å²) >= 11 is 0. The van der Waals surface area contributed by atoms with E-state index in [-0.39, 0.29) is 12.3 Å². The molecule has 0 saturated carbocycles. The molecule has 4 heteroatoms. The van der Waals surface area contributed by atoms with Gasteiger partial charge in [0.25, 0.3) is 0 Å². The highest BCUT2D eigenvalue weighted by molar-refractivity contribution is 5.84. The third-order valence-electron chi connectivity index (χ3n) is 2.73. The predicted molar refractivity (Wildman–Crippen MR) is 64.9 cm³/mol. The Morgan fingerprint density at radius 3 is 2.29 bits per heavy atom. The largest absolute Gasteiger partial charge is 0.480 e. The average molecular weight is 235 g/mol. The normalized spacial score (nSPS) is 11.9. The highest BCUT2D eigenvalue weighted by Crippen LogP contribution is 2.13. The van der Waals surface area contributed by atoms with Crippen molar-refractivity contribution in [2.45, 2.75) is 33.2 Å². The summed E-state index contributed by atoms with van der Waals surface area (Å²) < 4.78 is 0. The number of aryl methyl sites for hydroxylation is 2. The second-order valence-corrected chi connectivity index (χ2v) is 4.17. The number of hydrogen-bond acceptors (Lipinski definition) is 2. The molecule has 0 aliphatic rings. The van der Waals surface area contributed by atoms with E-state index in [1.54, 1.807) is 0 Å². The molecule has 0 aromatic heterocycles. The second-order valence-electron chi connectivity index (χ2n) is 4.17. The molecule has 92 valence electrons. The molecule has 0 fully saturated rings. The van der Waals surface area contributed by atoms with E-state index < -0.39 is 12.0 Å².